The number of nitrogens with zero attached hydrogens (tertiary/aromatic N) is 1. The number of aromatic hydroxyl groups is 1. The number of phenols is 1. The SMILES string of the molecule is O=C(C=Cc1ccc(O)c([N+](=O)[O-])c1)NC1CCc2ccccc21. The van der Waals surface area contributed by atoms with Crippen LogP contribution in [0.4, 0.5) is 5.69 Å². The summed E-state index contributed by atoms with van der Waals surface area (Å²) >= 11 is 0. The summed E-state index contributed by atoms with van der Waals surface area (Å²) in [5.74, 6) is -0.656. The first-order valence-corrected chi connectivity index (χ1v) is 7.58. The summed E-state index contributed by atoms with van der Waals surface area (Å²) in [5, 5.41) is 23.2. The molecule has 0 radical (unpaired) electrons. The molecule has 0 aliphatic heterocycles. The first-order chi connectivity index (χ1) is 11.5. The third-order valence-electron chi connectivity index (χ3n) is 4.07. The second kappa shape index (κ2) is 6.54. The largest absolute Gasteiger partial charge is 0.502 e. The average molecular weight is 324 g/mol. The molecule has 24 heavy (non-hydrogen) atoms. The second-order valence-corrected chi connectivity index (χ2v) is 5.64. The Balaban J connectivity index is 1.68. The molecule has 0 heterocycles. The molecule has 1 aliphatic carbocycles. The van der Waals surface area contributed by atoms with Crippen LogP contribution in [0, 0.1) is 10.1 Å². The number of nitro groups is 1. The van der Waals surface area contributed by atoms with Gasteiger partial charge in [-0.15, -0.1) is 0 Å². The fourth-order valence-corrected chi connectivity index (χ4v) is 2.89. The van der Waals surface area contributed by atoms with Crippen molar-refractivity contribution in [3.8, 4) is 5.75 Å². The Kier molecular flexibility index (Phi) is 4.29. The number of phenolic OH excluding ortho intramolecular Hbond substituents is 1. The van der Waals surface area contributed by atoms with Gasteiger partial charge >= 0.3 is 5.69 Å². The van der Waals surface area contributed by atoms with E-state index in [0.29, 0.717) is 5.56 Å². The molecule has 0 saturated carbocycles. The first kappa shape index (κ1) is 15.7. The van der Waals surface area contributed by atoms with Crippen LogP contribution < -0.4 is 5.32 Å². The van der Waals surface area contributed by atoms with Crippen LogP contribution in [0.25, 0.3) is 6.08 Å². The molecule has 2 N–H and O–H groups in total. The fourth-order valence-electron chi connectivity index (χ4n) is 2.89. The van der Waals surface area contributed by atoms with Crippen LogP contribution in [0.15, 0.2) is 48.5 Å². The van der Waals surface area contributed by atoms with E-state index in [1.807, 2.05) is 18.2 Å². The highest BCUT2D eigenvalue weighted by atomic mass is 16.6. The number of amides is 1. The quantitative estimate of drug-likeness (QED) is 0.513. The number of nitrogens with one attached hydrogen (secondary N) is 1. The topological polar surface area (TPSA) is 92.5 Å². The van der Waals surface area contributed by atoms with Gasteiger partial charge in [-0.2, -0.15) is 0 Å². The molecule has 2 aromatic carbocycles. The number of benzene rings is 2. The number of hydrogen-bond donors (Lipinski definition) is 2. The number of nitro benzene ring substituents is 1. The lowest BCUT2D eigenvalue weighted by molar-refractivity contribution is -0.385. The number of aryl methyl sites for hydroxylation is 1. The summed E-state index contributed by atoms with van der Waals surface area (Å²) in [6.45, 7) is 0. The lowest BCUT2D eigenvalue weighted by atomic mass is 10.1. The minimum Gasteiger partial charge on any atom is -0.502 e. The summed E-state index contributed by atoms with van der Waals surface area (Å²) in [6, 6.07) is 12.0. The summed E-state index contributed by atoms with van der Waals surface area (Å²) in [4.78, 5) is 22.2. The van der Waals surface area contributed by atoms with Crippen LogP contribution in [-0.4, -0.2) is 15.9 Å². The summed E-state index contributed by atoms with van der Waals surface area (Å²) in [5.41, 5.74) is 2.48. The Morgan fingerprint density at radius 2 is 2.08 bits per heavy atom. The van der Waals surface area contributed by atoms with Gasteiger partial charge in [-0.1, -0.05) is 30.3 Å². The number of fused-ring (bicyclic) bond motifs is 1. The van der Waals surface area contributed by atoms with Gasteiger partial charge in [0, 0.05) is 12.1 Å². The van der Waals surface area contributed by atoms with Crippen molar-refractivity contribution in [1.82, 2.24) is 5.32 Å². The highest BCUT2D eigenvalue weighted by molar-refractivity contribution is 5.92. The number of carbonyl (C=O) groups is 1. The van der Waals surface area contributed by atoms with Gasteiger partial charge < -0.3 is 10.4 Å². The van der Waals surface area contributed by atoms with E-state index in [4.69, 9.17) is 0 Å². The van der Waals surface area contributed by atoms with Gasteiger partial charge in [-0.3, -0.25) is 14.9 Å². The fraction of sp³-hybridized carbons (Fsp3) is 0.167. The third kappa shape index (κ3) is 3.27. The number of hydrogen-bond acceptors (Lipinski definition) is 4. The number of rotatable bonds is 4. The predicted molar refractivity (Wildman–Crippen MR) is 89.4 cm³/mol. The van der Waals surface area contributed by atoms with Crippen LogP contribution in [0.5, 0.6) is 5.75 Å². The van der Waals surface area contributed by atoms with Gasteiger partial charge in [0.15, 0.2) is 5.75 Å². The molecule has 0 spiro atoms. The van der Waals surface area contributed by atoms with Crippen molar-refractivity contribution in [2.24, 2.45) is 0 Å². The Morgan fingerprint density at radius 1 is 1.29 bits per heavy atom. The Labute approximate surface area is 138 Å². The maximum absolute atomic E-state index is 12.1. The van der Waals surface area contributed by atoms with Crippen LogP contribution in [0.1, 0.15) is 29.2 Å². The summed E-state index contributed by atoms with van der Waals surface area (Å²) < 4.78 is 0. The van der Waals surface area contributed by atoms with Gasteiger partial charge in [-0.05, 0) is 41.7 Å². The van der Waals surface area contributed by atoms with E-state index in [2.05, 4.69) is 11.4 Å². The normalized spacial score (nSPS) is 16.1. The van der Waals surface area contributed by atoms with Crippen molar-refractivity contribution in [2.45, 2.75) is 18.9 Å². The molecular formula is C18H16N2O4. The smallest absolute Gasteiger partial charge is 0.311 e. The van der Waals surface area contributed by atoms with Crippen molar-refractivity contribution in [1.29, 1.82) is 0 Å². The van der Waals surface area contributed by atoms with Gasteiger partial charge in [-0.25, -0.2) is 0 Å². The summed E-state index contributed by atoms with van der Waals surface area (Å²) in [7, 11) is 0. The lowest BCUT2D eigenvalue weighted by Crippen LogP contribution is -2.25. The first-order valence-electron chi connectivity index (χ1n) is 7.58. The van der Waals surface area contributed by atoms with Gasteiger partial charge in [0.05, 0.1) is 11.0 Å². The molecule has 0 saturated heterocycles. The maximum Gasteiger partial charge on any atom is 0.311 e. The van der Waals surface area contributed by atoms with E-state index in [-0.39, 0.29) is 17.6 Å². The van der Waals surface area contributed by atoms with Crippen LogP contribution in [-0.2, 0) is 11.2 Å². The van der Waals surface area contributed by atoms with Crippen molar-refractivity contribution >= 4 is 17.7 Å². The number of carbonyl (C=O) groups excluding carboxylic acids is 1. The molecule has 0 bridgehead atoms. The second-order valence-electron chi connectivity index (χ2n) is 5.64. The summed E-state index contributed by atoms with van der Waals surface area (Å²) in [6.07, 6.45) is 4.64. The van der Waals surface area contributed by atoms with E-state index < -0.39 is 10.7 Å². The van der Waals surface area contributed by atoms with Crippen molar-refractivity contribution in [2.75, 3.05) is 0 Å². The molecule has 122 valence electrons. The molecule has 3 rings (SSSR count). The molecule has 1 amide bonds. The van der Waals surface area contributed by atoms with E-state index >= 15 is 0 Å². The van der Waals surface area contributed by atoms with Gasteiger partial charge in [0.25, 0.3) is 0 Å². The predicted octanol–water partition coefficient (Wildman–Crippen LogP) is 3.12. The van der Waals surface area contributed by atoms with E-state index in [1.165, 1.54) is 35.9 Å². The Bertz CT molecular complexity index is 830. The zero-order valence-electron chi connectivity index (χ0n) is 12.8. The van der Waals surface area contributed by atoms with E-state index in [0.717, 1.165) is 18.4 Å². The average Bonchev–Trinajstić information content (AvgIpc) is 2.97. The maximum atomic E-state index is 12.1. The van der Waals surface area contributed by atoms with Crippen LogP contribution >= 0.6 is 0 Å². The van der Waals surface area contributed by atoms with E-state index in [1.54, 1.807) is 0 Å². The molecule has 6 nitrogen and oxygen atoms in total. The lowest BCUT2D eigenvalue weighted by Gasteiger charge is -2.12. The van der Waals surface area contributed by atoms with Gasteiger partial charge in [0.2, 0.25) is 5.91 Å². The Morgan fingerprint density at radius 3 is 2.88 bits per heavy atom. The molecule has 1 atom stereocenters. The Hall–Kier alpha value is -3.15. The molecular weight excluding hydrogens is 308 g/mol. The van der Waals surface area contributed by atoms with Crippen LogP contribution in [0.2, 0.25) is 0 Å². The zero-order chi connectivity index (χ0) is 17.1. The third-order valence-corrected chi connectivity index (χ3v) is 4.07. The molecule has 1 unspecified atom stereocenters. The zero-order valence-corrected chi connectivity index (χ0v) is 12.8. The molecule has 0 aromatic heterocycles. The highest BCUT2D eigenvalue weighted by Gasteiger charge is 2.22. The molecule has 6 heteroatoms. The van der Waals surface area contributed by atoms with Crippen molar-refractivity contribution < 1.29 is 14.8 Å². The molecule has 1 aliphatic rings. The molecule has 2 aromatic rings. The van der Waals surface area contributed by atoms with Gasteiger partial charge in [0.1, 0.15) is 0 Å². The van der Waals surface area contributed by atoms with Crippen molar-refractivity contribution in [3.05, 3.63) is 75.3 Å². The minimum atomic E-state index is -0.664. The van der Waals surface area contributed by atoms with Crippen LogP contribution in [0.3, 0.4) is 0 Å². The monoisotopic (exact) mass is 324 g/mol. The van der Waals surface area contributed by atoms with Crippen molar-refractivity contribution in [3.63, 3.8) is 0 Å². The van der Waals surface area contributed by atoms with E-state index in [9.17, 15) is 20.0 Å². The highest BCUT2D eigenvalue weighted by Crippen LogP contribution is 2.30. The molecule has 0 fully saturated rings. The standard InChI is InChI=1S/C18H16N2O4/c21-17-9-5-12(11-16(17)20(23)24)6-10-18(22)19-15-8-7-13-3-1-2-4-14(13)15/h1-6,9-11,15,21H,7-8H2,(H,19,22). The minimum absolute atomic E-state index is 0.00694.